The monoisotopic (exact) mass is 305 g/mol. The van der Waals surface area contributed by atoms with Crippen molar-refractivity contribution in [3.63, 3.8) is 0 Å². The summed E-state index contributed by atoms with van der Waals surface area (Å²) in [4.78, 5) is 25.7. The second-order valence-corrected chi connectivity index (χ2v) is 5.72. The number of likely N-dealkylation sites (N-methyl/N-ethyl adjacent to an activating group) is 1. The van der Waals surface area contributed by atoms with Crippen LogP contribution in [-0.4, -0.2) is 50.7 Å². The molecule has 0 N–H and O–H groups in total. The molecule has 0 bridgehead atoms. The van der Waals surface area contributed by atoms with E-state index in [2.05, 4.69) is 0 Å². The van der Waals surface area contributed by atoms with E-state index in [1.165, 1.54) is 7.11 Å². The molecule has 1 aromatic carbocycles. The van der Waals surface area contributed by atoms with Gasteiger partial charge in [0.1, 0.15) is 0 Å². The van der Waals surface area contributed by atoms with Gasteiger partial charge in [-0.05, 0) is 18.4 Å². The van der Waals surface area contributed by atoms with E-state index in [-0.39, 0.29) is 29.8 Å². The molecule has 3 atom stereocenters. The lowest BCUT2D eigenvalue weighted by molar-refractivity contribution is -0.145. The summed E-state index contributed by atoms with van der Waals surface area (Å²) in [5, 5.41) is 0. The largest absolute Gasteiger partial charge is 0.469 e. The Balaban J connectivity index is 1.99. The van der Waals surface area contributed by atoms with Crippen molar-refractivity contribution < 1.29 is 19.1 Å². The molecule has 22 heavy (non-hydrogen) atoms. The van der Waals surface area contributed by atoms with E-state index in [1.807, 2.05) is 30.3 Å². The molecule has 0 radical (unpaired) electrons. The van der Waals surface area contributed by atoms with Gasteiger partial charge in [0.25, 0.3) is 0 Å². The minimum atomic E-state index is -0.293. The molecule has 5 heteroatoms. The molecule has 0 aromatic heterocycles. The number of esters is 1. The van der Waals surface area contributed by atoms with Gasteiger partial charge in [0.2, 0.25) is 5.91 Å². The van der Waals surface area contributed by atoms with Crippen LogP contribution >= 0.6 is 0 Å². The quantitative estimate of drug-likeness (QED) is 0.717. The molecule has 0 unspecified atom stereocenters. The fourth-order valence-electron chi connectivity index (χ4n) is 2.71. The zero-order chi connectivity index (χ0) is 16.1. The Morgan fingerprint density at radius 3 is 2.50 bits per heavy atom. The summed E-state index contributed by atoms with van der Waals surface area (Å²) in [6.07, 6.45) is 1.31. The van der Waals surface area contributed by atoms with Gasteiger partial charge in [0.05, 0.1) is 31.6 Å². The average Bonchev–Trinajstić information content (AvgIpc) is 3.34. The zero-order valence-corrected chi connectivity index (χ0v) is 13.3. The van der Waals surface area contributed by atoms with Gasteiger partial charge in [0.15, 0.2) is 0 Å². The summed E-state index contributed by atoms with van der Waals surface area (Å²) >= 11 is 0. The van der Waals surface area contributed by atoms with Crippen LogP contribution in [0.1, 0.15) is 12.0 Å². The fraction of sp³-hybridized carbons (Fsp3) is 0.529. The average molecular weight is 305 g/mol. The Morgan fingerprint density at radius 2 is 1.91 bits per heavy atom. The van der Waals surface area contributed by atoms with E-state index in [1.54, 1.807) is 19.1 Å². The summed E-state index contributed by atoms with van der Waals surface area (Å²) in [6, 6.07) is 9.96. The van der Waals surface area contributed by atoms with Crippen molar-refractivity contribution in [1.82, 2.24) is 4.90 Å². The highest BCUT2D eigenvalue weighted by Gasteiger charge is 2.50. The lowest BCUT2D eigenvalue weighted by atomic mass is 10.0. The first kappa shape index (κ1) is 16.5. The fourth-order valence-corrected chi connectivity index (χ4v) is 2.71. The number of methoxy groups -OCH3 is 2. The number of hydrogen-bond donors (Lipinski definition) is 0. The topological polar surface area (TPSA) is 55.8 Å². The SMILES string of the molecule is COC[C@@H](Cc1ccccc1)N(C)C(=O)[C@@H]1C[C@@H]1C(=O)OC. The van der Waals surface area contributed by atoms with E-state index in [0.29, 0.717) is 13.0 Å². The van der Waals surface area contributed by atoms with Gasteiger partial charge in [-0.15, -0.1) is 0 Å². The van der Waals surface area contributed by atoms with Gasteiger partial charge < -0.3 is 14.4 Å². The second kappa shape index (κ2) is 7.40. The molecule has 1 saturated carbocycles. The maximum atomic E-state index is 12.5. The van der Waals surface area contributed by atoms with E-state index in [9.17, 15) is 9.59 Å². The minimum Gasteiger partial charge on any atom is -0.469 e. The van der Waals surface area contributed by atoms with Crippen LogP contribution in [0.25, 0.3) is 0 Å². The predicted molar refractivity (Wildman–Crippen MR) is 82.2 cm³/mol. The molecule has 0 heterocycles. The third-order valence-electron chi connectivity index (χ3n) is 4.18. The van der Waals surface area contributed by atoms with E-state index in [0.717, 1.165) is 12.0 Å². The van der Waals surface area contributed by atoms with Gasteiger partial charge in [-0.1, -0.05) is 30.3 Å². The number of nitrogens with zero attached hydrogens (tertiary/aromatic N) is 1. The molecular weight excluding hydrogens is 282 g/mol. The van der Waals surface area contributed by atoms with E-state index < -0.39 is 0 Å². The number of carbonyl (C=O) groups excluding carboxylic acids is 2. The van der Waals surface area contributed by atoms with Crippen LogP contribution in [-0.2, 0) is 25.5 Å². The smallest absolute Gasteiger partial charge is 0.309 e. The molecule has 0 aliphatic heterocycles. The van der Waals surface area contributed by atoms with Crippen molar-refractivity contribution in [2.24, 2.45) is 11.8 Å². The van der Waals surface area contributed by atoms with E-state index in [4.69, 9.17) is 9.47 Å². The number of amides is 1. The van der Waals surface area contributed by atoms with Crippen LogP contribution < -0.4 is 0 Å². The van der Waals surface area contributed by atoms with Gasteiger partial charge in [0, 0.05) is 14.2 Å². The molecule has 1 fully saturated rings. The highest BCUT2D eigenvalue weighted by molar-refractivity contribution is 5.90. The van der Waals surface area contributed by atoms with Crippen LogP contribution in [0.15, 0.2) is 30.3 Å². The number of ether oxygens (including phenoxy) is 2. The maximum absolute atomic E-state index is 12.5. The molecule has 0 spiro atoms. The van der Waals surface area contributed by atoms with Gasteiger partial charge >= 0.3 is 5.97 Å². The number of rotatable bonds is 7. The molecule has 1 amide bonds. The number of benzene rings is 1. The van der Waals surface area contributed by atoms with Crippen molar-refractivity contribution in [2.45, 2.75) is 18.9 Å². The molecule has 0 saturated heterocycles. The molecular formula is C17H23NO4. The van der Waals surface area contributed by atoms with Crippen LogP contribution in [0.5, 0.6) is 0 Å². The molecule has 2 rings (SSSR count). The standard InChI is InChI=1S/C17H23NO4/c1-18(16(19)14-10-15(14)17(20)22-3)13(11-21-2)9-12-7-5-4-6-8-12/h4-8,13-15H,9-11H2,1-3H3/t13-,14-,15+/m1/s1. The maximum Gasteiger partial charge on any atom is 0.309 e. The van der Waals surface area contributed by atoms with E-state index >= 15 is 0 Å². The summed E-state index contributed by atoms with van der Waals surface area (Å²) in [5.41, 5.74) is 1.16. The lowest BCUT2D eigenvalue weighted by Crippen LogP contribution is -2.42. The Labute approximate surface area is 131 Å². The molecule has 1 aliphatic rings. The lowest BCUT2D eigenvalue weighted by Gasteiger charge is -2.28. The Kier molecular flexibility index (Phi) is 5.55. The number of hydrogen-bond acceptors (Lipinski definition) is 4. The van der Waals surface area contributed by atoms with Crippen molar-refractivity contribution >= 4 is 11.9 Å². The highest BCUT2D eigenvalue weighted by atomic mass is 16.5. The summed E-state index contributed by atoms with van der Waals surface area (Å²) in [6.45, 7) is 0.465. The Bertz CT molecular complexity index is 517. The third-order valence-corrected chi connectivity index (χ3v) is 4.18. The summed E-state index contributed by atoms with van der Waals surface area (Å²) < 4.78 is 9.96. The summed E-state index contributed by atoms with van der Waals surface area (Å²) in [5.74, 6) is -0.820. The first-order valence-corrected chi connectivity index (χ1v) is 7.45. The van der Waals surface area contributed by atoms with Crippen molar-refractivity contribution in [1.29, 1.82) is 0 Å². The number of carbonyl (C=O) groups is 2. The normalized spacial score (nSPS) is 21.0. The van der Waals surface area contributed by atoms with Crippen LogP contribution in [0, 0.1) is 11.8 Å². The zero-order valence-electron chi connectivity index (χ0n) is 13.3. The van der Waals surface area contributed by atoms with Crippen molar-refractivity contribution in [3.05, 3.63) is 35.9 Å². The minimum absolute atomic E-state index is 0.00613. The highest BCUT2D eigenvalue weighted by Crippen LogP contribution is 2.41. The second-order valence-electron chi connectivity index (χ2n) is 5.72. The van der Waals surface area contributed by atoms with Gasteiger partial charge in [-0.2, -0.15) is 0 Å². The molecule has 1 aliphatic carbocycles. The molecule has 1 aromatic rings. The van der Waals surface area contributed by atoms with Crippen LogP contribution in [0.4, 0.5) is 0 Å². The Morgan fingerprint density at radius 1 is 1.23 bits per heavy atom. The van der Waals surface area contributed by atoms with Gasteiger partial charge in [-0.3, -0.25) is 9.59 Å². The van der Waals surface area contributed by atoms with Crippen LogP contribution in [0.2, 0.25) is 0 Å². The van der Waals surface area contributed by atoms with Crippen molar-refractivity contribution in [3.8, 4) is 0 Å². The van der Waals surface area contributed by atoms with Crippen molar-refractivity contribution in [2.75, 3.05) is 27.9 Å². The van der Waals surface area contributed by atoms with Gasteiger partial charge in [-0.25, -0.2) is 0 Å². The Hall–Kier alpha value is -1.88. The van der Waals surface area contributed by atoms with Crippen LogP contribution in [0.3, 0.4) is 0 Å². The first-order chi connectivity index (χ1) is 10.6. The third kappa shape index (κ3) is 3.85. The first-order valence-electron chi connectivity index (χ1n) is 7.45. The molecule has 120 valence electrons. The summed E-state index contributed by atoms with van der Waals surface area (Å²) in [7, 11) is 4.77. The molecule has 5 nitrogen and oxygen atoms in total. The predicted octanol–water partition coefficient (Wildman–Crippen LogP) is 1.51.